The topological polar surface area (TPSA) is 88.5 Å². The van der Waals surface area contributed by atoms with Gasteiger partial charge in [-0.05, 0) is 18.9 Å². The summed E-state index contributed by atoms with van der Waals surface area (Å²) in [5.74, 6) is -2.06. The number of imide groups is 1. The Bertz CT molecular complexity index is 891. The van der Waals surface area contributed by atoms with Crippen molar-refractivity contribution in [3.05, 3.63) is 33.2 Å². The van der Waals surface area contributed by atoms with Crippen molar-refractivity contribution >= 4 is 29.3 Å². The smallest absolute Gasteiger partial charge is 0.317 e. The summed E-state index contributed by atoms with van der Waals surface area (Å²) in [6.07, 6.45) is -1.36. The zero-order chi connectivity index (χ0) is 20.7. The minimum absolute atomic E-state index is 0.343. The molecule has 3 amide bonds. The van der Waals surface area contributed by atoms with Gasteiger partial charge in [-0.2, -0.15) is 13.2 Å². The molecule has 0 bridgehead atoms. The summed E-state index contributed by atoms with van der Waals surface area (Å²) in [7, 11) is 0. The molecule has 1 aliphatic heterocycles. The van der Waals surface area contributed by atoms with Crippen LogP contribution in [0.4, 0.5) is 13.2 Å². The number of piperazine rings is 1. The average molecular weight is 420 g/mol. The summed E-state index contributed by atoms with van der Waals surface area (Å²) in [5.41, 5.74) is -3.36. The monoisotopic (exact) mass is 419 g/mol. The fourth-order valence-corrected chi connectivity index (χ4v) is 3.99. The number of pyridine rings is 1. The zero-order valence-corrected chi connectivity index (χ0v) is 15.4. The number of alkyl halides is 3. The maximum Gasteiger partial charge on any atom is 0.417 e. The minimum Gasteiger partial charge on any atom is -0.317 e. The van der Waals surface area contributed by atoms with Gasteiger partial charge in [0.1, 0.15) is 23.7 Å². The average Bonchev–Trinajstić information content (AvgIpc) is 2.62. The van der Waals surface area contributed by atoms with Gasteiger partial charge in [0.2, 0.25) is 11.8 Å². The van der Waals surface area contributed by atoms with Gasteiger partial charge in [0.25, 0.3) is 11.5 Å². The molecule has 0 radical (unpaired) electrons. The van der Waals surface area contributed by atoms with Crippen molar-refractivity contribution in [3.8, 4) is 0 Å². The number of carbonyl (C=O) groups is 3. The lowest BCUT2D eigenvalue weighted by atomic mass is 9.78. The molecule has 0 aromatic carbocycles. The first-order valence-electron chi connectivity index (χ1n) is 8.66. The normalized spacial score (nSPS) is 19.6. The van der Waals surface area contributed by atoms with Gasteiger partial charge in [-0.15, -0.1) is 0 Å². The van der Waals surface area contributed by atoms with Gasteiger partial charge in [-0.3, -0.25) is 24.5 Å². The van der Waals surface area contributed by atoms with Gasteiger partial charge in [0.05, 0.1) is 5.56 Å². The molecule has 1 N–H and O–H groups in total. The molecule has 7 nitrogen and oxygen atoms in total. The Morgan fingerprint density at radius 3 is 2.43 bits per heavy atom. The van der Waals surface area contributed by atoms with E-state index < -0.39 is 58.7 Å². The molecule has 1 aromatic rings. The molecule has 1 saturated carbocycles. The molecule has 0 unspecified atom stereocenters. The van der Waals surface area contributed by atoms with E-state index in [-0.39, 0.29) is 0 Å². The van der Waals surface area contributed by atoms with Gasteiger partial charge in [-0.25, -0.2) is 0 Å². The maximum absolute atomic E-state index is 13.0. The lowest BCUT2D eigenvalue weighted by Gasteiger charge is -2.47. The van der Waals surface area contributed by atoms with Crippen molar-refractivity contribution in [2.45, 2.75) is 50.4 Å². The Labute approximate surface area is 162 Å². The summed E-state index contributed by atoms with van der Waals surface area (Å²) >= 11 is 5.61. The largest absolute Gasteiger partial charge is 0.417 e. The van der Waals surface area contributed by atoms with Crippen LogP contribution in [-0.4, -0.2) is 39.3 Å². The second-order valence-electron chi connectivity index (χ2n) is 6.96. The number of carbonyl (C=O) groups excluding carboxylic acids is 3. The van der Waals surface area contributed by atoms with Crippen LogP contribution in [-0.2, 0) is 27.1 Å². The van der Waals surface area contributed by atoms with Gasteiger partial charge >= 0.3 is 6.18 Å². The molecular formula is C17H17ClF3N3O4. The van der Waals surface area contributed by atoms with E-state index in [1.807, 2.05) is 0 Å². The molecule has 3 rings (SSSR count). The summed E-state index contributed by atoms with van der Waals surface area (Å²) in [4.78, 5) is 50.4. The predicted molar refractivity (Wildman–Crippen MR) is 91.4 cm³/mol. The van der Waals surface area contributed by atoms with Gasteiger partial charge in [0.15, 0.2) is 0 Å². The third kappa shape index (κ3) is 3.65. The summed E-state index contributed by atoms with van der Waals surface area (Å²) in [6.45, 7) is -1.16. The van der Waals surface area contributed by atoms with Crippen molar-refractivity contribution in [2.75, 3.05) is 6.54 Å². The molecule has 11 heteroatoms. The summed E-state index contributed by atoms with van der Waals surface area (Å²) in [6, 6.07) is 0.491. The van der Waals surface area contributed by atoms with E-state index in [1.165, 1.54) is 0 Å². The fraction of sp³-hybridized carbons (Fsp3) is 0.529. The van der Waals surface area contributed by atoms with Crippen LogP contribution in [0.25, 0.3) is 0 Å². The molecule has 2 aliphatic rings. The number of amides is 3. The Kier molecular flexibility index (Phi) is 5.26. The second kappa shape index (κ2) is 7.23. The molecule has 152 valence electrons. The highest BCUT2D eigenvalue weighted by Gasteiger charge is 2.50. The van der Waals surface area contributed by atoms with Crippen LogP contribution < -0.4 is 10.9 Å². The van der Waals surface area contributed by atoms with Crippen LogP contribution in [0.3, 0.4) is 0 Å². The van der Waals surface area contributed by atoms with Gasteiger partial charge in [-0.1, -0.05) is 30.9 Å². The molecule has 0 atom stereocenters. The second-order valence-corrected chi connectivity index (χ2v) is 7.36. The Morgan fingerprint density at radius 1 is 1.18 bits per heavy atom. The molecule has 1 aliphatic carbocycles. The molecule has 1 spiro atoms. The summed E-state index contributed by atoms with van der Waals surface area (Å²) in [5, 5.41) is 1.55. The maximum atomic E-state index is 13.0. The highest BCUT2D eigenvalue weighted by molar-refractivity contribution is 6.30. The van der Waals surface area contributed by atoms with E-state index in [1.54, 1.807) is 0 Å². The van der Waals surface area contributed by atoms with E-state index >= 15 is 0 Å². The lowest BCUT2D eigenvalue weighted by Crippen LogP contribution is -2.69. The Hall–Kier alpha value is -2.36. The number of nitrogens with zero attached hydrogens (tertiary/aromatic N) is 2. The number of halogens is 4. The molecule has 1 saturated heterocycles. The van der Waals surface area contributed by atoms with Gasteiger partial charge in [0, 0.05) is 6.20 Å². The van der Waals surface area contributed by atoms with Crippen LogP contribution in [0, 0.1) is 0 Å². The Morgan fingerprint density at radius 2 is 1.82 bits per heavy atom. The first kappa shape index (κ1) is 20.4. The van der Waals surface area contributed by atoms with E-state index in [0.717, 1.165) is 11.3 Å². The van der Waals surface area contributed by atoms with E-state index in [4.69, 9.17) is 11.6 Å². The van der Waals surface area contributed by atoms with Crippen molar-refractivity contribution in [3.63, 3.8) is 0 Å². The molecule has 2 heterocycles. The van der Waals surface area contributed by atoms with Crippen LogP contribution in [0.15, 0.2) is 17.1 Å². The molecule has 1 aromatic heterocycles. The first-order valence-corrected chi connectivity index (χ1v) is 9.04. The van der Waals surface area contributed by atoms with Crippen LogP contribution >= 0.6 is 11.6 Å². The fourth-order valence-electron chi connectivity index (χ4n) is 3.76. The van der Waals surface area contributed by atoms with E-state index in [9.17, 15) is 32.3 Å². The van der Waals surface area contributed by atoms with Crippen LogP contribution in [0.2, 0.25) is 5.02 Å². The number of nitrogens with one attached hydrogen (secondary N) is 1. The summed E-state index contributed by atoms with van der Waals surface area (Å²) < 4.78 is 39.5. The standard InChI is InChI=1S/C17H17ClF3N3O4/c18-11-6-10(17(19,20)21)7-23(14(11)27)9-13(26)24-8-12(25)22-15(28)16(24)4-2-1-3-5-16/h6-7H,1-5,8-9H2,(H,22,25,28). The van der Waals surface area contributed by atoms with Gasteiger partial charge < -0.3 is 9.47 Å². The molecule has 2 fully saturated rings. The zero-order valence-electron chi connectivity index (χ0n) is 14.6. The van der Waals surface area contributed by atoms with Crippen LogP contribution in [0.5, 0.6) is 0 Å². The third-order valence-corrected chi connectivity index (χ3v) is 5.42. The number of rotatable bonds is 2. The van der Waals surface area contributed by atoms with E-state index in [0.29, 0.717) is 42.5 Å². The lowest BCUT2D eigenvalue weighted by molar-refractivity contribution is -0.160. The van der Waals surface area contributed by atoms with Crippen LogP contribution in [0.1, 0.15) is 37.7 Å². The quantitative estimate of drug-likeness (QED) is 0.739. The van der Waals surface area contributed by atoms with Crippen molar-refractivity contribution in [2.24, 2.45) is 0 Å². The Balaban J connectivity index is 1.95. The van der Waals surface area contributed by atoms with E-state index in [2.05, 4.69) is 5.32 Å². The number of aromatic nitrogens is 1. The molecule has 28 heavy (non-hydrogen) atoms. The third-order valence-electron chi connectivity index (χ3n) is 5.15. The van der Waals surface area contributed by atoms with Crippen molar-refractivity contribution < 1.29 is 27.6 Å². The highest BCUT2D eigenvalue weighted by atomic mass is 35.5. The molecular weight excluding hydrogens is 403 g/mol. The highest BCUT2D eigenvalue weighted by Crippen LogP contribution is 2.36. The predicted octanol–water partition coefficient (Wildman–Crippen LogP) is 1.71. The van der Waals surface area contributed by atoms with Crippen molar-refractivity contribution in [1.82, 2.24) is 14.8 Å². The SMILES string of the molecule is O=C1CN(C(=O)Cn2cc(C(F)(F)F)cc(Cl)c2=O)C2(CCCCC2)C(=O)N1. The minimum atomic E-state index is -4.76. The number of hydrogen-bond donors (Lipinski definition) is 1. The first-order chi connectivity index (χ1) is 13.0. The number of hydrogen-bond acceptors (Lipinski definition) is 4. The van der Waals surface area contributed by atoms with Crippen molar-refractivity contribution in [1.29, 1.82) is 0 Å².